The Kier molecular flexibility index (Phi) is 4.84. The molecule has 7 heteroatoms. The summed E-state index contributed by atoms with van der Waals surface area (Å²) in [6.07, 6.45) is 3.54. The summed E-state index contributed by atoms with van der Waals surface area (Å²) < 4.78 is 1.89. The standard InChI is InChI=1S/C19H22N4OS2/c1-4-26-19-21-18-20-14-9-11(2)10-15(24)16(14)17(23(18)22-19)12-5-7-13(25-3)8-6-12/h5-8,11,17H,4,9-10H2,1-3H3,(H,20,21,22)/t11-,17+/m0/s1. The normalized spacial score (nSPS) is 22.0. The molecule has 0 saturated carbocycles. The molecule has 2 heterocycles. The summed E-state index contributed by atoms with van der Waals surface area (Å²) in [6.45, 7) is 4.22. The van der Waals surface area contributed by atoms with Crippen molar-refractivity contribution in [2.45, 2.75) is 42.8 Å². The molecule has 0 amide bonds. The smallest absolute Gasteiger partial charge is 0.227 e. The van der Waals surface area contributed by atoms with Crippen LogP contribution in [0.3, 0.4) is 0 Å². The van der Waals surface area contributed by atoms with Gasteiger partial charge in [-0.15, -0.1) is 16.9 Å². The highest BCUT2D eigenvalue weighted by atomic mass is 32.2. The van der Waals surface area contributed by atoms with E-state index in [0.717, 1.165) is 40.1 Å². The molecule has 26 heavy (non-hydrogen) atoms. The van der Waals surface area contributed by atoms with E-state index in [1.807, 2.05) is 4.68 Å². The second-order valence-corrected chi connectivity index (χ2v) is 8.84. The number of rotatable bonds is 4. The van der Waals surface area contributed by atoms with E-state index in [1.165, 1.54) is 4.90 Å². The number of carbonyl (C=O) groups excluding carboxylic acids is 1. The number of hydrogen-bond acceptors (Lipinski definition) is 6. The number of fused-ring (bicyclic) bond motifs is 1. The Morgan fingerprint density at radius 3 is 2.73 bits per heavy atom. The number of anilines is 1. The molecule has 0 spiro atoms. The molecule has 2 aromatic rings. The molecule has 0 bridgehead atoms. The van der Waals surface area contributed by atoms with Gasteiger partial charge in [0.25, 0.3) is 0 Å². The molecule has 0 unspecified atom stereocenters. The number of allylic oxidation sites excluding steroid dienone is 2. The lowest BCUT2D eigenvalue weighted by Crippen LogP contribution is -2.33. The fourth-order valence-electron chi connectivity index (χ4n) is 3.67. The second-order valence-electron chi connectivity index (χ2n) is 6.73. The van der Waals surface area contributed by atoms with E-state index in [4.69, 9.17) is 5.10 Å². The predicted molar refractivity (Wildman–Crippen MR) is 107 cm³/mol. The first kappa shape index (κ1) is 17.7. The van der Waals surface area contributed by atoms with Gasteiger partial charge in [-0.25, -0.2) is 4.68 Å². The minimum atomic E-state index is -0.198. The summed E-state index contributed by atoms with van der Waals surface area (Å²) in [5, 5.41) is 8.84. The Hall–Kier alpha value is -1.73. The zero-order valence-corrected chi connectivity index (χ0v) is 16.8. The molecular weight excluding hydrogens is 364 g/mol. The van der Waals surface area contributed by atoms with Crippen LogP contribution in [0.2, 0.25) is 0 Å². The Balaban J connectivity index is 1.84. The Morgan fingerprint density at radius 1 is 1.27 bits per heavy atom. The van der Waals surface area contributed by atoms with Crippen molar-refractivity contribution in [2.24, 2.45) is 5.92 Å². The monoisotopic (exact) mass is 386 g/mol. The number of aromatic nitrogens is 3. The molecule has 1 aliphatic carbocycles. The van der Waals surface area contributed by atoms with Crippen molar-refractivity contribution in [2.75, 3.05) is 17.3 Å². The van der Waals surface area contributed by atoms with Gasteiger partial charge in [0.05, 0.1) is 0 Å². The van der Waals surface area contributed by atoms with Crippen molar-refractivity contribution in [3.05, 3.63) is 41.1 Å². The lowest BCUT2D eigenvalue weighted by molar-refractivity contribution is -0.117. The summed E-state index contributed by atoms with van der Waals surface area (Å²) in [5.41, 5.74) is 2.95. The van der Waals surface area contributed by atoms with Gasteiger partial charge in [0.1, 0.15) is 6.04 Å². The maximum Gasteiger partial charge on any atom is 0.227 e. The highest BCUT2D eigenvalue weighted by molar-refractivity contribution is 7.99. The van der Waals surface area contributed by atoms with E-state index in [2.05, 4.69) is 54.7 Å². The molecule has 1 N–H and O–H groups in total. The van der Waals surface area contributed by atoms with Gasteiger partial charge < -0.3 is 5.32 Å². The van der Waals surface area contributed by atoms with Crippen LogP contribution in [-0.4, -0.2) is 32.6 Å². The van der Waals surface area contributed by atoms with E-state index in [0.29, 0.717) is 12.3 Å². The van der Waals surface area contributed by atoms with E-state index >= 15 is 0 Å². The molecule has 1 aromatic carbocycles. The molecule has 2 aliphatic rings. The topological polar surface area (TPSA) is 59.8 Å². The minimum Gasteiger partial charge on any atom is -0.328 e. The van der Waals surface area contributed by atoms with Gasteiger partial charge in [-0.1, -0.05) is 37.7 Å². The highest BCUT2D eigenvalue weighted by Gasteiger charge is 2.38. The average molecular weight is 387 g/mol. The first-order valence-electron chi connectivity index (χ1n) is 8.87. The van der Waals surface area contributed by atoms with Crippen LogP contribution >= 0.6 is 23.5 Å². The van der Waals surface area contributed by atoms with Crippen LogP contribution in [0, 0.1) is 5.92 Å². The Morgan fingerprint density at radius 2 is 2.04 bits per heavy atom. The molecule has 4 rings (SSSR count). The summed E-state index contributed by atoms with van der Waals surface area (Å²) in [5.74, 6) is 2.23. The predicted octanol–water partition coefficient (Wildman–Crippen LogP) is 4.38. The zero-order valence-electron chi connectivity index (χ0n) is 15.2. The maximum absolute atomic E-state index is 12.9. The van der Waals surface area contributed by atoms with Crippen molar-refractivity contribution >= 4 is 35.3 Å². The van der Waals surface area contributed by atoms with Crippen LogP contribution in [0.25, 0.3) is 0 Å². The molecule has 0 saturated heterocycles. The zero-order chi connectivity index (χ0) is 18.3. The first-order chi connectivity index (χ1) is 12.6. The van der Waals surface area contributed by atoms with Crippen molar-refractivity contribution < 1.29 is 4.79 Å². The largest absolute Gasteiger partial charge is 0.328 e. The van der Waals surface area contributed by atoms with Crippen molar-refractivity contribution in [3.63, 3.8) is 0 Å². The third-order valence-corrected chi connectivity index (χ3v) is 6.27. The van der Waals surface area contributed by atoms with Gasteiger partial charge in [0.2, 0.25) is 11.1 Å². The minimum absolute atomic E-state index is 0.198. The Labute approximate surface area is 162 Å². The van der Waals surface area contributed by atoms with Crippen LogP contribution < -0.4 is 5.32 Å². The van der Waals surface area contributed by atoms with Crippen LogP contribution in [0.15, 0.2) is 45.6 Å². The van der Waals surface area contributed by atoms with Gasteiger partial charge >= 0.3 is 0 Å². The summed E-state index contributed by atoms with van der Waals surface area (Å²) in [6, 6.07) is 8.23. The van der Waals surface area contributed by atoms with Crippen LogP contribution in [0.1, 0.15) is 38.3 Å². The summed E-state index contributed by atoms with van der Waals surface area (Å²) >= 11 is 3.33. The van der Waals surface area contributed by atoms with E-state index in [9.17, 15) is 4.79 Å². The number of benzene rings is 1. The Bertz CT molecular complexity index is 872. The van der Waals surface area contributed by atoms with E-state index in [-0.39, 0.29) is 11.8 Å². The van der Waals surface area contributed by atoms with Crippen LogP contribution in [0.4, 0.5) is 5.95 Å². The maximum atomic E-state index is 12.9. The van der Waals surface area contributed by atoms with E-state index < -0.39 is 0 Å². The molecule has 1 aromatic heterocycles. The highest BCUT2D eigenvalue weighted by Crippen LogP contribution is 2.42. The van der Waals surface area contributed by atoms with Crippen molar-refractivity contribution in [1.29, 1.82) is 0 Å². The number of ketones is 1. The van der Waals surface area contributed by atoms with Crippen molar-refractivity contribution in [1.82, 2.24) is 14.8 Å². The molecule has 2 atom stereocenters. The molecule has 0 radical (unpaired) electrons. The number of nitrogens with zero attached hydrogens (tertiary/aromatic N) is 3. The third kappa shape index (κ3) is 3.07. The number of nitrogens with one attached hydrogen (secondary N) is 1. The molecular formula is C19H22N4OS2. The molecule has 5 nitrogen and oxygen atoms in total. The second kappa shape index (κ2) is 7.12. The SMILES string of the molecule is CCSc1nc2n(n1)[C@H](c1ccc(SC)cc1)C1=C(C[C@H](C)CC1=O)N2. The van der Waals surface area contributed by atoms with E-state index in [1.54, 1.807) is 23.5 Å². The number of hydrogen-bond donors (Lipinski definition) is 1. The summed E-state index contributed by atoms with van der Waals surface area (Å²) in [7, 11) is 0. The quantitative estimate of drug-likeness (QED) is 0.787. The number of carbonyl (C=O) groups is 1. The van der Waals surface area contributed by atoms with Crippen molar-refractivity contribution in [3.8, 4) is 0 Å². The summed E-state index contributed by atoms with van der Waals surface area (Å²) in [4.78, 5) is 18.8. The number of Topliss-reactive ketones (excluding diaryl/α,β-unsaturated/α-hetero) is 1. The molecule has 1 aliphatic heterocycles. The van der Waals surface area contributed by atoms with Gasteiger partial charge in [-0.2, -0.15) is 4.98 Å². The van der Waals surface area contributed by atoms with Crippen LogP contribution in [-0.2, 0) is 4.79 Å². The van der Waals surface area contributed by atoms with Gasteiger partial charge in [0.15, 0.2) is 5.78 Å². The first-order valence-corrected chi connectivity index (χ1v) is 11.1. The lowest BCUT2D eigenvalue weighted by Gasteiger charge is -2.34. The molecule has 136 valence electrons. The fourth-order valence-corrected chi connectivity index (χ4v) is 4.63. The molecule has 0 fully saturated rings. The number of thioether (sulfide) groups is 2. The van der Waals surface area contributed by atoms with Gasteiger partial charge in [-0.3, -0.25) is 4.79 Å². The average Bonchev–Trinajstić information content (AvgIpc) is 3.02. The third-order valence-electron chi connectivity index (χ3n) is 4.81. The van der Waals surface area contributed by atoms with Gasteiger partial charge in [-0.05, 0) is 42.0 Å². The van der Waals surface area contributed by atoms with Crippen LogP contribution in [0.5, 0.6) is 0 Å². The fraction of sp³-hybridized carbons (Fsp3) is 0.421. The lowest BCUT2D eigenvalue weighted by atomic mass is 9.81. The van der Waals surface area contributed by atoms with Gasteiger partial charge in [0, 0.05) is 22.6 Å².